The van der Waals surface area contributed by atoms with Crippen LogP contribution in [0.2, 0.25) is 0 Å². The summed E-state index contributed by atoms with van der Waals surface area (Å²) in [6.07, 6.45) is 4.57. The van der Waals surface area contributed by atoms with Crippen molar-refractivity contribution in [3.05, 3.63) is 59.6 Å². The highest BCUT2D eigenvalue weighted by atomic mass is 16.3. The van der Waals surface area contributed by atoms with E-state index in [1.165, 1.54) is 11.3 Å². The topological polar surface area (TPSA) is 45.5 Å². The van der Waals surface area contributed by atoms with Gasteiger partial charge in [-0.1, -0.05) is 32.0 Å². The van der Waals surface area contributed by atoms with Crippen LogP contribution in [-0.2, 0) is 10.2 Å². The summed E-state index contributed by atoms with van der Waals surface area (Å²) >= 11 is 0. The lowest BCUT2D eigenvalue weighted by atomic mass is 9.74. The average molecular weight is 322 g/mol. The molecule has 24 heavy (non-hydrogen) atoms. The Morgan fingerprint density at radius 3 is 2.75 bits per heavy atom. The Kier molecular flexibility index (Phi) is 3.14. The number of para-hydroxylation sites is 1. The van der Waals surface area contributed by atoms with Crippen molar-refractivity contribution >= 4 is 17.7 Å². The number of furan rings is 1. The van der Waals surface area contributed by atoms with Crippen molar-refractivity contribution in [1.29, 1.82) is 0 Å². The molecule has 1 aromatic heterocycles. The van der Waals surface area contributed by atoms with Gasteiger partial charge in [0.2, 0.25) is 5.91 Å². The van der Waals surface area contributed by atoms with Crippen LogP contribution in [0.5, 0.6) is 0 Å². The second-order valence-electron chi connectivity index (χ2n) is 7.14. The van der Waals surface area contributed by atoms with Crippen LogP contribution < -0.4 is 10.2 Å². The molecular weight excluding hydrogens is 300 g/mol. The fraction of sp³-hybridized carbons (Fsp3) is 0.350. The molecule has 4 nitrogen and oxygen atoms in total. The number of carbonyl (C=O) groups excluding carboxylic acids is 1. The highest BCUT2D eigenvalue weighted by molar-refractivity contribution is 5.84. The van der Waals surface area contributed by atoms with Crippen molar-refractivity contribution in [2.75, 3.05) is 11.4 Å². The highest BCUT2D eigenvalue weighted by Crippen LogP contribution is 2.52. The molecule has 1 atom stereocenters. The number of fused-ring (bicyclic) bond motifs is 3. The monoisotopic (exact) mass is 322 g/mol. The van der Waals surface area contributed by atoms with Gasteiger partial charge in [-0.05, 0) is 42.8 Å². The highest BCUT2D eigenvalue weighted by Gasteiger charge is 2.57. The molecule has 1 fully saturated rings. The van der Waals surface area contributed by atoms with E-state index in [9.17, 15) is 4.79 Å². The van der Waals surface area contributed by atoms with Crippen molar-refractivity contribution in [3.8, 4) is 0 Å². The molecule has 2 aliphatic rings. The van der Waals surface area contributed by atoms with E-state index in [0.29, 0.717) is 13.0 Å². The number of rotatable bonds is 2. The summed E-state index contributed by atoms with van der Waals surface area (Å²) in [5.41, 5.74) is 1.63. The number of benzene rings is 1. The molecule has 1 N–H and O–H groups in total. The number of amides is 1. The van der Waals surface area contributed by atoms with Gasteiger partial charge in [-0.3, -0.25) is 4.79 Å². The fourth-order valence-corrected chi connectivity index (χ4v) is 4.06. The van der Waals surface area contributed by atoms with Gasteiger partial charge in [0.05, 0.1) is 0 Å². The third-order valence-electron chi connectivity index (χ3n) is 5.39. The summed E-state index contributed by atoms with van der Waals surface area (Å²) < 4.78 is 5.67. The largest absolute Gasteiger partial charge is 0.462 e. The maximum atomic E-state index is 12.3. The molecule has 1 aromatic carbocycles. The van der Waals surface area contributed by atoms with Gasteiger partial charge in [0, 0.05) is 24.1 Å². The van der Waals surface area contributed by atoms with E-state index in [-0.39, 0.29) is 11.3 Å². The van der Waals surface area contributed by atoms with E-state index in [0.717, 1.165) is 11.5 Å². The maximum absolute atomic E-state index is 12.3. The quantitative estimate of drug-likeness (QED) is 0.918. The zero-order valence-electron chi connectivity index (χ0n) is 14.3. The molecule has 0 spiro atoms. The second kappa shape index (κ2) is 5.00. The molecule has 2 aromatic rings. The molecule has 0 saturated carbocycles. The molecule has 0 unspecified atom stereocenters. The van der Waals surface area contributed by atoms with Crippen LogP contribution in [0.1, 0.15) is 37.4 Å². The summed E-state index contributed by atoms with van der Waals surface area (Å²) in [7, 11) is 0. The predicted octanol–water partition coefficient (Wildman–Crippen LogP) is 3.62. The summed E-state index contributed by atoms with van der Waals surface area (Å²) in [6, 6.07) is 12.3. The first kappa shape index (κ1) is 15.1. The molecule has 0 bridgehead atoms. The zero-order valence-corrected chi connectivity index (χ0v) is 14.3. The number of hydrogen-bond acceptors (Lipinski definition) is 3. The number of hydrogen-bond donors (Lipinski definition) is 1. The van der Waals surface area contributed by atoms with Gasteiger partial charge >= 0.3 is 0 Å². The first-order valence-electron chi connectivity index (χ1n) is 8.38. The lowest BCUT2D eigenvalue weighted by Crippen LogP contribution is -2.68. The van der Waals surface area contributed by atoms with Crippen LogP contribution in [0.3, 0.4) is 0 Å². The molecular formula is C20H22N2O2. The van der Waals surface area contributed by atoms with E-state index >= 15 is 0 Å². The third kappa shape index (κ3) is 1.95. The number of aryl methyl sites for hydroxylation is 1. The lowest BCUT2D eigenvalue weighted by Gasteiger charge is -2.49. The van der Waals surface area contributed by atoms with Crippen LogP contribution in [-0.4, -0.2) is 18.1 Å². The fourth-order valence-electron chi connectivity index (χ4n) is 4.06. The molecule has 4 rings (SSSR count). The standard InChI is InChI=1S/C20H22N2O2/c1-14-8-9-15(24-14)10-12-20-19(2,3)16-6-4-5-7-17(16)22(20)13-11-18(23)21-20/h4-10,12H,11,13H2,1-3H3,(H,21,23)/b12-10+/t20-/m1/s1. The van der Waals surface area contributed by atoms with E-state index in [1.807, 2.05) is 25.1 Å². The smallest absolute Gasteiger partial charge is 0.223 e. The van der Waals surface area contributed by atoms with Gasteiger partial charge in [-0.2, -0.15) is 0 Å². The normalized spacial score (nSPS) is 24.8. The molecule has 0 aliphatic carbocycles. The Morgan fingerprint density at radius 2 is 2.00 bits per heavy atom. The van der Waals surface area contributed by atoms with Gasteiger partial charge in [-0.15, -0.1) is 0 Å². The minimum atomic E-state index is -0.577. The molecule has 4 heteroatoms. The van der Waals surface area contributed by atoms with Gasteiger partial charge in [0.25, 0.3) is 0 Å². The van der Waals surface area contributed by atoms with Crippen molar-refractivity contribution in [1.82, 2.24) is 5.32 Å². The minimum Gasteiger partial charge on any atom is -0.462 e. The Bertz CT molecular complexity index is 834. The summed E-state index contributed by atoms with van der Waals surface area (Å²) in [6.45, 7) is 7.03. The summed E-state index contributed by atoms with van der Waals surface area (Å²) in [4.78, 5) is 14.6. The molecule has 1 saturated heterocycles. The Morgan fingerprint density at radius 1 is 1.21 bits per heavy atom. The Labute approximate surface area is 142 Å². The van der Waals surface area contributed by atoms with E-state index in [2.05, 4.69) is 54.4 Å². The van der Waals surface area contributed by atoms with E-state index in [1.54, 1.807) is 0 Å². The molecule has 124 valence electrons. The summed E-state index contributed by atoms with van der Waals surface area (Å²) in [5.74, 6) is 1.77. The molecule has 1 amide bonds. The zero-order chi connectivity index (χ0) is 16.9. The first-order valence-corrected chi connectivity index (χ1v) is 8.38. The van der Waals surface area contributed by atoms with Gasteiger partial charge < -0.3 is 14.6 Å². The van der Waals surface area contributed by atoms with E-state index < -0.39 is 5.66 Å². The third-order valence-corrected chi connectivity index (χ3v) is 5.39. The number of nitrogens with one attached hydrogen (secondary N) is 1. The van der Waals surface area contributed by atoms with Crippen LogP contribution in [0.4, 0.5) is 5.69 Å². The van der Waals surface area contributed by atoms with Crippen molar-refractivity contribution in [3.63, 3.8) is 0 Å². The van der Waals surface area contributed by atoms with Crippen LogP contribution in [0.15, 0.2) is 46.9 Å². The molecule has 0 radical (unpaired) electrons. The van der Waals surface area contributed by atoms with Crippen molar-refractivity contribution in [2.45, 2.75) is 38.3 Å². The average Bonchev–Trinajstić information content (AvgIpc) is 3.05. The number of anilines is 1. The van der Waals surface area contributed by atoms with Gasteiger partial charge in [0.1, 0.15) is 17.2 Å². The lowest BCUT2D eigenvalue weighted by molar-refractivity contribution is -0.124. The van der Waals surface area contributed by atoms with E-state index in [4.69, 9.17) is 4.42 Å². The Balaban J connectivity index is 1.85. The van der Waals surface area contributed by atoms with Crippen LogP contribution in [0.25, 0.3) is 6.08 Å². The van der Waals surface area contributed by atoms with Crippen molar-refractivity contribution < 1.29 is 9.21 Å². The van der Waals surface area contributed by atoms with Crippen molar-refractivity contribution in [2.24, 2.45) is 0 Å². The second-order valence-corrected chi connectivity index (χ2v) is 7.14. The number of nitrogens with zero attached hydrogens (tertiary/aromatic N) is 1. The SMILES string of the molecule is Cc1ccc(/C=C/[C@@]23NC(=O)CCN2c2ccccc2C3(C)C)o1. The maximum Gasteiger partial charge on any atom is 0.223 e. The van der Waals surface area contributed by atoms with Gasteiger partial charge in [0.15, 0.2) is 0 Å². The molecule has 2 aliphatic heterocycles. The van der Waals surface area contributed by atoms with Crippen LogP contribution in [0, 0.1) is 6.92 Å². The number of carbonyl (C=O) groups is 1. The predicted molar refractivity (Wildman–Crippen MR) is 94.8 cm³/mol. The van der Waals surface area contributed by atoms with Gasteiger partial charge in [-0.25, -0.2) is 0 Å². The van der Waals surface area contributed by atoms with Crippen LogP contribution >= 0.6 is 0 Å². The minimum absolute atomic E-state index is 0.0902. The molecule has 3 heterocycles. The Hall–Kier alpha value is -2.49. The summed E-state index contributed by atoms with van der Waals surface area (Å²) in [5, 5.41) is 3.26. The first-order chi connectivity index (χ1) is 11.4.